The van der Waals surface area contributed by atoms with Gasteiger partial charge in [0.25, 0.3) is 0 Å². The number of piperazine rings is 1. The minimum Gasteiger partial charge on any atom is -0.338 e. The van der Waals surface area contributed by atoms with E-state index in [9.17, 15) is 4.79 Å². The lowest BCUT2D eigenvalue weighted by atomic mass is 9.97. The number of hydrogen-bond acceptors (Lipinski definition) is 3. The zero-order valence-electron chi connectivity index (χ0n) is 17.1. The van der Waals surface area contributed by atoms with E-state index in [1.165, 1.54) is 31.2 Å². The Kier molecular flexibility index (Phi) is 7.48. The van der Waals surface area contributed by atoms with Crippen LogP contribution >= 0.6 is 0 Å². The van der Waals surface area contributed by atoms with E-state index >= 15 is 0 Å². The molecule has 4 heteroatoms. The molecule has 0 saturated carbocycles. The Balaban J connectivity index is 1.63. The van der Waals surface area contributed by atoms with Crippen LogP contribution in [-0.4, -0.2) is 66.9 Å². The molecule has 1 fully saturated rings. The molecule has 0 bridgehead atoms. The number of rotatable bonds is 7. The highest BCUT2D eigenvalue weighted by molar-refractivity contribution is 5.77. The van der Waals surface area contributed by atoms with Crippen LogP contribution in [-0.2, 0) is 11.3 Å². The normalized spacial score (nSPS) is 21.7. The smallest absolute Gasteiger partial charge is 0.224 e. The second-order valence-electron chi connectivity index (χ2n) is 8.26. The Hall–Kier alpha value is -1.65. The van der Waals surface area contributed by atoms with Gasteiger partial charge < -0.3 is 14.7 Å². The molecule has 0 N–H and O–H groups in total. The van der Waals surface area contributed by atoms with Crippen molar-refractivity contribution < 1.29 is 4.79 Å². The molecular formula is C23H35N3O. The van der Waals surface area contributed by atoms with Crippen molar-refractivity contribution in [3.05, 3.63) is 47.5 Å². The van der Waals surface area contributed by atoms with Crippen molar-refractivity contribution in [1.29, 1.82) is 0 Å². The molecule has 1 aromatic rings. The van der Waals surface area contributed by atoms with E-state index in [0.717, 1.165) is 39.1 Å². The summed E-state index contributed by atoms with van der Waals surface area (Å²) in [7, 11) is 4.31. The molecule has 1 aromatic carbocycles. The first-order valence-electron chi connectivity index (χ1n) is 10.5. The molecule has 0 radical (unpaired) electrons. The van der Waals surface area contributed by atoms with E-state index in [0.29, 0.717) is 18.4 Å². The van der Waals surface area contributed by atoms with Crippen LogP contribution in [0.15, 0.2) is 42.0 Å². The first-order chi connectivity index (χ1) is 13.1. The zero-order valence-corrected chi connectivity index (χ0v) is 17.1. The van der Waals surface area contributed by atoms with E-state index in [2.05, 4.69) is 59.1 Å². The van der Waals surface area contributed by atoms with Crippen molar-refractivity contribution in [3.8, 4) is 0 Å². The van der Waals surface area contributed by atoms with Gasteiger partial charge in [-0.25, -0.2) is 0 Å². The van der Waals surface area contributed by atoms with Crippen LogP contribution in [0.25, 0.3) is 0 Å². The highest BCUT2D eigenvalue weighted by Crippen LogP contribution is 2.21. The predicted octanol–water partition coefficient (Wildman–Crippen LogP) is 3.54. The average molecular weight is 370 g/mol. The molecule has 2 aliphatic rings. The van der Waals surface area contributed by atoms with Gasteiger partial charge >= 0.3 is 0 Å². The fraction of sp³-hybridized carbons (Fsp3) is 0.609. The molecular weight excluding hydrogens is 334 g/mol. The Morgan fingerprint density at radius 1 is 1.15 bits per heavy atom. The lowest BCUT2D eigenvalue weighted by Gasteiger charge is -2.38. The fourth-order valence-corrected chi connectivity index (χ4v) is 4.16. The lowest BCUT2D eigenvalue weighted by Crippen LogP contribution is -2.51. The topological polar surface area (TPSA) is 26.8 Å². The van der Waals surface area contributed by atoms with Gasteiger partial charge in [0.2, 0.25) is 5.91 Å². The van der Waals surface area contributed by atoms with Crippen molar-refractivity contribution in [2.24, 2.45) is 0 Å². The largest absolute Gasteiger partial charge is 0.338 e. The van der Waals surface area contributed by atoms with Gasteiger partial charge in [-0.15, -0.1) is 0 Å². The molecule has 0 unspecified atom stereocenters. The summed E-state index contributed by atoms with van der Waals surface area (Å²) in [6, 6.07) is 10.7. The molecule has 1 aliphatic carbocycles. The number of likely N-dealkylation sites (N-methyl/N-ethyl adjacent to an activating group) is 2. The van der Waals surface area contributed by atoms with Crippen LogP contribution in [0, 0.1) is 0 Å². The van der Waals surface area contributed by atoms with Crippen molar-refractivity contribution in [2.75, 3.05) is 40.3 Å². The van der Waals surface area contributed by atoms with Gasteiger partial charge in [0, 0.05) is 45.2 Å². The average Bonchev–Trinajstić information content (AvgIpc) is 2.69. The first kappa shape index (κ1) is 20.1. The van der Waals surface area contributed by atoms with Crippen molar-refractivity contribution >= 4 is 5.91 Å². The molecule has 1 amide bonds. The number of carbonyl (C=O) groups excluding carboxylic acids is 1. The van der Waals surface area contributed by atoms with Crippen LogP contribution in [0.1, 0.15) is 44.1 Å². The summed E-state index contributed by atoms with van der Waals surface area (Å²) in [5.41, 5.74) is 2.76. The Morgan fingerprint density at radius 3 is 2.70 bits per heavy atom. The Bertz CT molecular complexity index is 628. The Labute approximate surface area is 164 Å². The van der Waals surface area contributed by atoms with Crippen molar-refractivity contribution in [2.45, 2.75) is 51.1 Å². The summed E-state index contributed by atoms with van der Waals surface area (Å²) in [5.74, 6) is 0.294. The van der Waals surface area contributed by atoms with Crippen LogP contribution in [0.5, 0.6) is 0 Å². The monoisotopic (exact) mass is 369 g/mol. The second-order valence-corrected chi connectivity index (χ2v) is 8.26. The van der Waals surface area contributed by atoms with Gasteiger partial charge in [0.1, 0.15) is 0 Å². The van der Waals surface area contributed by atoms with E-state index in [4.69, 9.17) is 0 Å². The quantitative estimate of drug-likeness (QED) is 0.688. The minimum absolute atomic E-state index is 0.294. The van der Waals surface area contributed by atoms with Gasteiger partial charge in [-0.3, -0.25) is 4.79 Å². The standard InChI is InChI=1S/C23H35N3O/c1-24-15-16-25(2)22(19-24)17-23(27)26(18-21-11-7-4-8-12-21)14-13-20-9-5-3-6-10-20/h4,7-9,11-12,22H,3,5-6,10,13-19H2,1-2H3/t22-/m0/s1. The molecule has 4 nitrogen and oxygen atoms in total. The molecule has 1 aliphatic heterocycles. The number of amides is 1. The number of nitrogens with zero attached hydrogens (tertiary/aromatic N) is 3. The van der Waals surface area contributed by atoms with Gasteiger partial charge in [-0.2, -0.15) is 0 Å². The fourth-order valence-electron chi connectivity index (χ4n) is 4.16. The van der Waals surface area contributed by atoms with Crippen molar-refractivity contribution in [1.82, 2.24) is 14.7 Å². The molecule has 27 heavy (non-hydrogen) atoms. The maximum absolute atomic E-state index is 13.2. The highest BCUT2D eigenvalue weighted by atomic mass is 16.2. The molecule has 1 heterocycles. The van der Waals surface area contributed by atoms with Crippen LogP contribution in [0.2, 0.25) is 0 Å². The SMILES string of the molecule is CN1CCN(C)[C@@H](CC(=O)N(CCC2=CCCCC2)Cc2ccccc2)C1. The molecule has 0 aromatic heterocycles. The van der Waals surface area contributed by atoms with Crippen LogP contribution in [0.3, 0.4) is 0 Å². The zero-order chi connectivity index (χ0) is 19.1. The number of benzene rings is 1. The van der Waals surface area contributed by atoms with Crippen LogP contribution < -0.4 is 0 Å². The molecule has 1 saturated heterocycles. The highest BCUT2D eigenvalue weighted by Gasteiger charge is 2.26. The number of allylic oxidation sites excluding steroid dienone is 1. The van der Waals surface area contributed by atoms with Gasteiger partial charge in [-0.1, -0.05) is 42.0 Å². The van der Waals surface area contributed by atoms with E-state index in [1.54, 1.807) is 5.57 Å². The number of carbonyl (C=O) groups is 1. The Morgan fingerprint density at radius 2 is 1.96 bits per heavy atom. The maximum atomic E-state index is 13.2. The van der Waals surface area contributed by atoms with Gasteiger partial charge in [0.05, 0.1) is 0 Å². The summed E-state index contributed by atoms with van der Waals surface area (Å²) in [4.78, 5) is 20.0. The molecule has 3 rings (SSSR count). The minimum atomic E-state index is 0.294. The van der Waals surface area contributed by atoms with Gasteiger partial charge in [0.15, 0.2) is 0 Å². The van der Waals surface area contributed by atoms with E-state index < -0.39 is 0 Å². The third kappa shape index (κ3) is 6.18. The lowest BCUT2D eigenvalue weighted by molar-refractivity contribution is -0.133. The second kappa shape index (κ2) is 10.0. The molecule has 148 valence electrons. The maximum Gasteiger partial charge on any atom is 0.224 e. The number of hydrogen-bond donors (Lipinski definition) is 0. The summed E-state index contributed by atoms with van der Waals surface area (Å²) in [5, 5.41) is 0. The molecule has 0 spiro atoms. The third-order valence-electron chi connectivity index (χ3n) is 6.05. The third-order valence-corrected chi connectivity index (χ3v) is 6.05. The summed E-state index contributed by atoms with van der Waals surface area (Å²) in [6.07, 6.45) is 9.09. The van der Waals surface area contributed by atoms with Crippen LogP contribution in [0.4, 0.5) is 0 Å². The van der Waals surface area contributed by atoms with Crippen molar-refractivity contribution in [3.63, 3.8) is 0 Å². The first-order valence-corrected chi connectivity index (χ1v) is 10.5. The molecule has 1 atom stereocenters. The van der Waals surface area contributed by atoms with Gasteiger partial charge in [-0.05, 0) is 51.8 Å². The summed E-state index contributed by atoms with van der Waals surface area (Å²) >= 11 is 0. The van der Waals surface area contributed by atoms with E-state index in [-0.39, 0.29) is 0 Å². The summed E-state index contributed by atoms with van der Waals surface area (Å²) in [6.45, 7) is 4.67. The summed E-state index contributed by atoms with van der Waals surface area (Å²) < 4.78 is 0. The van der Waals surface area contributed by atoms with E-state index in [1.807, 2.05) is 6.07 Å². The predicted molar refractivity (Wildman–Crippen MR) is 112 cm³/mol.